The maximum atomic E-state index is 13.4. The molecule has 3 N–H and O–H groups in total. The van der Waals surface area contributed by atoms with Crippen LogP contribution in [0.4, 0.5) is 5.69 Å². The molecule has 0 atom stereocenters. The number of nitrogens with one attached hydrogen (secondary N) is 1. The highest BCUT2D eigenvalue weighted by atomic mass is 16.5. The smallest absolute Gasteiger partial charge is 0.236 e. The van der Waals surface area contributed by atoms with Crippen molar-refractivity contribution in [1.82, 2.24) is 20.3 Å². The van der Waals surface area contributed by atoms with Gasteiger partial charge in [-0.2, -0.15) is 0 Å². The molecule has 1 aliphatic heterocycles. The van der Waals surface area contributed by atoms with Gasteiger partial charge >= 0.3 is 0 Å². The van der Waals surface area contributed by atoms with Crippen LogP contribution < -0.4 is 15.9 Å². The van der Waals surface area contributed by atoms with Crippen LogP contribution in [0.5, 0.6) is 0 Å². The van der Waals surface area contributed by atoms with Gasteiger partial charge < -0.3 is 20.7 Å². The minimum Gasteiger partial charge on any atom is -0.379 e. The zero-order valence-corrected chi connectivity index (χ0v) is 18.8. The third kappa shape index (κ3) is 4.96. The van der Waals surface area contributed by atoms with Crippen molar-refractivity contribution in [1.29, 1.82) is 0 Å². The Hall–Kier alpha value is -4.05. The molecule has 0 unspecified atom stereocenters. The van der Waals surface area contributed by atoms with Crippen LogP contribution in [0.1, 0.15) is 18.4 Å². The molecule has 0 aliphatic carbocycles. The van der Waals surface area contributed by atoms with Crippen molar-refractivity contribution in [3.63, 3.8) is 0 Å². The molecular formula is C24H26N6O4. The number of nitrogens with two attached hydrogens (primary N) is 1. The number of nitrogens with zero attached hydrogens (tertiary/aromatic N) is 4. The van der Waals surface area contributed by atoms with Gasteiger partial charge in [0.15, 0.2) is 1.41 Å². The number of benzene rings is 2. The van der Waals surface area contributed by atoms with Gasteiger partial charge in [0.2, 0.25) is 17.7 Å². The second kappa shape index (κ2) is 10.3. The fraction of sp³-hybridized carbons (Fsp3) is 0.292. The summed E-state index contributed by atoms with van der Waals surface area (Å²) in [4.78, 5) is 38.5. The molecule has 1 aromatic heterocycles. The summed E-state index contributed by atoms with van der Waals surface area (Å²) >= 11 is 0. The lowest BCUT2D eigenvalue weighted by atomic mass is 9.95. The number of rotatable bonds is 8. The van der Waals surface area contributed by atoms with Gasteiger partial charge in [-0.3, -0.25) is 14.4 Å². The van der Waals surface area contributed by atoms with Gasteiger partial charge in [0.1, 0.15) is 12.1 Å². The molecule has 4 rings (SSSR count). The van der Waals surface area contributed by atoms with E-state index in [2.05, 4.69) is 15.6 Å². The third-order valence-corrected chi connectivity index (χ3v) is 5.53. The maximum Gasteiger partial charge on any atom is 0.236 e. The van der Waals surface area contributed by atoms with Gasteiger partial charge in [-0.05, 0) is 11.6 Å². The lowest BCUT2D eigenvalue weighted by molar-refractivity contribution is -0.128. The Kier molecular flexibility index (Phi) is 6.57. The van der Waals surface area contributed by atoms with E-state index in [0.29, 0.717) is 5.69 Å². The number of primary amides is 1. The monoisotopic (exact) mass is 463 g/mol. The average Bonchev–Trinajstić information content (AvgIpc) is 3.24. The van der Waals surface area contributed by atoms with Gasteiger partial charge in [-0.1, -0.05) is 47.7 Å². The number of carbonyl (C=O) groups is 3. The predicted octanol–water partition coefficient (Wildman–Crippen LogP) is 1.39. The van der Waals surface area contributed by atoms with Crippen LogP contribution in [0.2, 0.25) is 1.41 Å². The summed E-state index contributed by atoms with van der Waals surface area (Å²) in [6, 6.07) is 15.3. The van der Waals surface area contributed by atoms with Crippen LogP contribution in [0.15, 0.2) is 48.5 Å². The van der Waals surface area contributed by atoms with E-state index in [1.165, 1.54) is 0 Å². The van der Waals surface area contributed by atoms with E-state index in [4.69, 9.17) is 6.15 Å². The quantitative estimate of drug-likeness (QED) is 0.383. The topological polar surface area (TPSA) is 132 Å². The number of amides is 3. The number of anilines is 1. The first-order valence-corrected chi connectivity index (χ1v) is 10.9. The molecule has 0 radical (unpaired) electrons. The number of para-hydroxylation sites is 1. The van der Waals surface area contributed by atoms with Crippen molar-refractivity contribution >= 4 is 23.4 Å². The van der Waals surface area contributed by atoms with E-state index in [1.807, 2.05) is 55.6 Å². The van der Waals surface area contributed by atoms with Crippen LogP contribution in [0.25, 0.3) is 22.5 Å². The Balaban J connectivity index is 1.50. The second-order valence-corrected chi connectivity index (χ2v) is 7.88. The molecule has 0 saturated heterocycles. The Morgan fingerprint density at radius 1 is 1.12 bits per heavy atom. The third-order valence-electron chi connectivity index (χ3n) is 5.53. The van der Waals surface area contributed by atoms with Crippen LogP contribution in [-0.2, 0) is 32.7 Å². The highest BCUT2D eigenvalue weighted by Gasteiger charge is 2.29. The van der Waals surface area contributed by atoms with Crippen molar-refractivity contribution in [2.75, 3.05) is 24.7 Å². The zero-order valence-electron chi connectivity index (χ0n) is 19.8. The number of aromatic nitrogens is 3. The molecule has 3 aromatic rings. The van der Waals surface area contributed by atoms with Crippen LogP contribution in [0.3, 0.4) is 0 Å². The normalized spacial score (nSPS) is 12.4. The van der Waals surface area contributed by atoms with E-state index in [0.717, 1.165) is 28.1 Å². The van der Waals surface area contributed by atoms with E-state index in [1.54, 1.807) is 15.3 Å². The SMILES string of the molecule is [2H]NC(=O)CCOCCNC(=O)CC(=O)N1Cc2ccccc2-c2nnn(C)c2-c2ccccc21. The largest absolute Gasteiger partial charge is 0.379 e. The second-order valence-electron chi connectivity index (χ2n) is 7.88. The first-order chi connectivity index (χ1) is 17.0. The summed E-state index contributed by atoms with van der Waals surface area (Å²) in [6.07, 6.45) is -0.256. The number of carbonyl (C=O) groups excluding carboxylic acids is 3. The zero-order chi connectivity index (χ0) is 24.8. The Morgan fingerprint density at radius 2 is 1.88 bits per heavy atom. The minimum absolute atomic E-state index is 0.0691. The standard InChI is InChI=1S/C24H26N6O4/c1-29-24-18-8-4-5-9-19(18)30(15-16-6-2-3-7-17(16)23(24)27-28-29)22(33)14-21(32)26-11-13-34-12-10-20(25)31/h2-9H,10-15H2,1H3,(H2,25,31)(H,26,32)/i/hD. The van der Waals surface area contributed by atoms with Gasteiger partial charge in [0.05, 0.1) is 31.1 Å². The molecule has 0 spiro atoms. The van der Waals surface area contributed by atoms with Gasteiger partial charge in [0, 0.05) is 31.1 Å². The lowest BCUT2D eigenvalue weighted by Crippen LogP contribution is -2.37. The van der Waals surface area contributed by atoms with Crippen molar-refractivity contribution in [2.45, 2.75) is 19.4 Å². The summed E-state index contributed by atoms with van der Waals surface area (Å²) in [6.45, 7) is 0.838. The molecule has 10 heteroatoms. The highest BCUT2D eigenvalue weighted by molar-refractivity contribution is 6.07. The molecular weight excluding hydrogens is 436 g/mol. The Morgan fingerprint density at radius 3 is 2.71 bits per heavy atom. The minimum atomic E-state index is -0.441. The summed E-state index contributed by atoms with van der Waals surface area (Å²) in [5, 5.41) is 11.3. The summed E-state index contributed by atoms with van der Waals surface area (Å²) in [5.41, 5.74) is 6.60. The summed E-state index contributed by atoms with van der Waals surface area (Å²) < 4.78 is 13.7. The fourth-order valence-corrected chi connectivity index (χ4v) is 3.94. The molecule has 1 aliphatic rings. The molecule has 10 nitrogen and oxygen atoms in total. The number of hydrogen-bond donors (Lipinski definition) is 2. The maximum absolute atomic E-state index is 13.4. The first kappa shape index (κ1) is 21.8. The van der Waals surface area contributed by atoms with E-state index in [-0.39, 0.29) is 45.1 Å². The van der Waals surface area contributed by atoms with Crippen molar-refractivity contribution < 1.29 is 20.5 Å². The van der Waals surface area contributed by atoms with Crippen molar-refractivity contribution in [3.8, 4) is 22.5 Å². The lowest BCUT2D eigenvalue weighted by Gasteiger charge is -2.28. The van der Waals surface area contributed by atoms with Gasteiger partial charge in [-0.15, -0.1) is 5.10 Å². The predicted molar refractivity (Wildman–Crippen MR) is 125 cm³/mol. The number of fused-ring (bicyclic) bond motifs is 5. The number of hydrogen-bond acceptors (Lipinski definition) is 6. The van der Waals surface area contributed by atoms with Crippen LogP contribution >= 0.6 is 0 Å². The summed E-state index contributed by atoms with van der Waals surface area (Å²) in [5.74, 6) is -1.20. The molecule has 176 valence electrons. The molecule has 2 aromatic carbocycles. The van der Waals surface area contributed by atoms with Crippen LogP contribution in [0, 0.1) is 0 Å². The van der Waals surface area contributed by atoms with Gasteiger partial charge in [-0.25, -0.2) is 4.68 Å². The number of aryl methyl sites for hydroxylation is 1. The Bertz CT molecular complexity index is 1240. The van der Waals surface area contributed by atoms with Crippen molar-refractivity contribution in [3.05, 3.63) is 54.1 Å². The molecule has 34 heavy (non-hydrogen) atoms. The number of ether oxygens (including phenoxy) is 1. The molecule has 3 amide bonds. The van der Waals surface area contributed by atoms with Crippen molar-refractivity contribution in [2.24, 2.45) is 12.8 Å². The van der Waals surface area contributed by atoms with Gasteiger partial charge in [0.25, 0.3) is 0 Å². The molecule has 0 fully saturated rings. The fourth-order valence-electron chi connectivity index (χ4n) is 3.94. The van der Waals surface area contributed by atoms with E-state index in [9.17, 15) is 14.4 Å². The summed E-state index contributed by atoms with van der Waals surface area (Å²) in [7, 11) is 1.81. The van der Waals surface area contributed by atoms with E-state index >= 15 is 0 Å². The molecule has 2 heterocycles. The Labute approximate surface area is 198 Å². The highest BCUT2D eigenvalue weighted by Crippen LogP contribution is 2.40. The van der Waals surface area contributed by atoms with E-state index < -0.39 is 11.8 Å². The molecule has 0 saturated carbocycles. The first-order valence-electron chi connectivity index (χ1n) is 11.4. The average molecular weight is 464 g/mol. The molecule has 0 bridgehead atoms. The van der Waals surface area contributed by atoms with Crippen LogP contribution in [-0.4, -0.2) is 52.5 Å².